The van der Waals surface area contributed by atoms with E-state index in [2.05, 4.69) is 41.1 Å². The first-order chi connectivity index (χ1) is 11.1. The number of aromatic nitrogens is 1. The molecule has 1 fully saturated rings. The molecule has 0 amide bonds. The van der Waals surface area contributed by atoms with Gasteiger partial charge in [0.2, 0.25) is 0 Å². The van der Waals surface area contributed by atoms with E-state index in [0.717, 1.165) is 28.5 Å². The Labute approximate surface area is 145 Å². The zero-order valence-electron chi connectivity index (χ0n) is 12.8. The van der Waals surface area contributed by atoms with Crippen LogP contribution in [0.1, 0.15) is 25.3 Å². The Morgan fingerprint density at radius 1 is 1.09 bits per heavy atom. The molecule has 2 aliphatic heterocycles. The van der Waals surface area contributed by atoms with Crippen LogP contribution in [-0.4, -0.2) is 11.5 Å². The Hall–Kier alpha value is -1.64. The second kappa shape index (κ2) is 4.46. The highest BCUT2D eigenvalue weighted by molar-refractivity contribution is 6.31. The van der Waals surface area contributed by atoms with Gasteiger partial charge in [-0.05, 0) is 56.2 Å². The van der Waals surface area contributed by atoms with Gasteiger partial charge in [0.15, 0.2) is 0 Å². The first-order valence-corrected chi connectivity index (χ1v) is 8.73. The van der Waals surface area contributed by atoms with Crippen molar-refractivity contribution in [3.63, 3.8) is 0 Å². The Morgan fingerprint density at radius 2 is 1.87 bits per heavy atom. The molecule has 1 N–H and O–H groups in total. The standard InChI is InChI=1S/C19H16Cl2N2/c1-19-7-2-8-23(19)16-6-4-12(21)10-14(16)18-17(19)13-9-11(20)3-5-15(13)22-18/h3-6,9-10,22H,2,7-8H2,1H3. The van der Waals surface area contributed by atoms with E-state index in [1.807, 2.05) is 12.1 Å². The number of benzene rings is 2. The summed E-state index contributed by atoms with van der Waals surface area (Å²) < 4.78 is 0. The van der Waals surface area contributed by atoms with Gasteiger partial charge in [0.1, 0.15) is 0 Å². The van der Waals surface area contributed by atoms with Gasteiger partial charge in [-0.25, -0.2) is 0 Å². The average molecular weight is 343 g/mol. The summed E-state index contributed by atoms with van der Waals surface area (Å²) in [6.45, 7) is 3.43. The molecule has 2 aliphatic rings. The molecule has 116 valence electrons. The van der Waals surface area contributed by atoms with Crippen LogP contribution in [0.25, 0.3) is 22.2 Å². The number of fused-ring (bicyclic) bond motifs is 8. The Bertz CT molecular complexity index is 959. The van der Waals surface area contributed by atoms with Crippen molar-refractivity contribution in [2.75, 3.05) is 11.4 Å². The Balaban J connectivity index is 1.94. The van der Waals surface area contributed by atoms with Crippen molar-refractivity contribution >= 4 is 39.8 Å². The van der Waals surface area contributed by atoms with Gasteiger partial charge in [0, 0.05) is 44.3 Å². The van der Waals surface area contributed by atoms with Gasteiger partial charge in [0.05, 0.1) is 11.2 Å². The summed E-state index contributed by atoms with van der Waals surface area (Å²) >= 11 is 12.6. The third-order valence-corrected chi connectivity index (χ3v) is 5.93. The lowest BCUT2D eigenvalue weighted by Gasteiger charge is -2.42. The number of anilines is 1. The van der Waals surface area contributed by atoms with Crippen LogP contribution in [0.4, 0.5) is 5.69 Å². The van der Waals surface area contributed by atoms with Crippen LogP contribution in [0, 0.1) is 0 Å². The first kappa shape index (κ1) is 13.8. The number of rotatable bonds is 0. The molecule has 3 heterocycles. The molecule has 5 rings (SSSR count). The van der Waals surface area contributed by atoms with Crippen molar-refractivity contribution in [2.24, 2.45) is 0 Å². The Kier molecular flexibility index (Phi) is 2.67. The van der Waals surface area contributed by atoms with Crippen molar-refractivity contribution in [3.8, 4) is 11.3 Å². The summed E-state index contributed by atoms with van der Waals surface area (Å²) in [7, 11) is 0. The topological polar surface area (TPSA) is 19.0 Å². The quantitative estimate of drug-likeness (QED) is 0.533. The summed E-state index contributed by atoms with van der Waals surface area (Å²) in [5.74, 6) is 0. The van der Waals surface area contributed by atoms with Crippen LogP contribution >= 0.6 is 23.2 Å². The minimum absolute atomic E-state index is 0.0130. The fourth-order valence-electron chi connectivity index (χ4n) is 4.48. The van der Waals surface area contributed by atoms with Gasteiger partial charge >= 0.3 is 0 Å². The largest absolute Gasteiger partial charge is 0.361 e. The van der Waals surface area contributed by atoms with Crippen LogP contribution in [0.15, 0.2) is 36.4 Å². The van der Waals surface area contributed by atoms with Crippen molar-refractivity contribution in [2.45, 2.75) is 25.3 Å². The average Bonchev–Trinajstić information content (AvgIpc) is 3.08. The van der Waals surface area contributed by atoms with E-state index in [1.165, 1.54) is 34.3 Å². The van der Waals surface area contributed by atoms with Gasteiger partial charge < -0.3 is 9.88 Å². The molecule has 1 saturated heterocycles. The van der Waals surface area contributed by atoms with E-state index in [-0.39, 0.29) is 5.54 Å². The molecule has 1 aromatic heterocycles. The maximum absolute atomic E-state index is 6.29. The van der Waals surface area contributed by atoms with Crippen LogP contribution in [0.5, 0.6) is 0 Å². The van der Waals surface area contributed by atoms with E-state index in [4.69, 9.17) is 23.2 Å². The number of hydrogen-bond acceptors (Lipinski definition) is 1. The number of aromatic amines is 1. The molecule has 1 atom stereocenters. The number of nitrogens with zero attached hydrogens (tertiary/aromatic N) is 1. The van der Waals surface area contributed by atoms with Crippen LogP contribution in [-0.2, 0) is 5.54 Å². The van der Waals surface area contributed by atoms with Gasteiger partial charge in [-0.2, -0.15) is 0 Å². The molecule has 1 unspecified atom stereocenters. The third-order valence-electron chi connectivity index (χ3n) is 5.46. The molecule has 2 aromatic carbocycles. The number of H-pyrrole nitrogens is 1. The molecule has 23 heavy (non-hydrogen) atoms. The normalized spacial score (nSPS) is 22.1. The highest BCUT2D eigenvalue weighted by Gasteiger charge is 2.45. The van der Waals surface area contributed by atoms with E-state index < -0.39 is 0 Å². The van der Waals surface area contributed by atoms with Gasteiger partial charge in [-0.15, -0.1) is 0 Å². The highest BCUT2D eigenvalue weighted by Crippen LogP contribution is 2.54. The predicted molar refractivity (Wildman–Crippen MR) is 97.7 cm³/mol. The molecular formula is C19H16Cl2N2. The lowest BCUT2D eigenvalue weighted by atomic mass is 9.81. The summed E-state index contributed by atoms with van der Waals surface area (Å²) in [5, 5.41) is 2.78. The van der Waals surface area contributed by atoms with Crippen LogP contribution < -0.4 is 4.90 Å². The molecule has 0 bridgehead atoms. The van der Waals surface area contributed by atoms with Crippen molar-refractivity contribution in [1.82, 2.24) is 4.98 Å². The SMILES string of the molecule is CC12CCCN1c1ccc(Cl)cc1-c1[nH]c3ccc(Cl)cc3c12. The second-order valence-corrected chi connectivity index (χ2v) is 7.63. The van der Waals surface area contributed by atoms with Crippen LogP contribution in [0.3, 0.4) is 0 Å². The van der Waals surface area contributed by atoms with Crippen molar-refractivity contribution in [1.29, 1.82) is 0 Å². The summed E-state index contributed by atoms with van der Waals surface area (Å²) in [6.07, 6.45) is 2.35. The molecule has 0 radical (unpaired) electrons. The van der Waals surface area contributed by atoms with Gasteiger partial charge in [-0.1, -0.05) is 23.2 Å². The Morgan fingerprint density at radius 3 is 2.74 bits per heavy atom. The minimum Gasteiger partial charge on any atom is -0.361 e. The molecular weight excluding hydrogens is 327 g/mol. The maximum atomic E-state index is 6.29. The number of nitrogens with one attached hydrogen (secondary N) is 1. The minimum atomic E-state index is 0.0130. The molecule has 3 aromatic rings. The first-order valence-electron chi connectivity index (χ1n) is 7.97. The van der Waals surface area contributed by atoms with E-state index in [1.54, 1.807) is 0 Å². The summed E-state index contributed by atoms with van der Waals surface area (Å²) in [5.41, 5.74) is 6.18. The smallest absolute Gasteiger partial charge is 0.0653 e. The summed E-state index contributed by atoms with van der Waals surface area (Å²) in [4.78, 5) is 6.16. The predicted octanol–water partition coefficient (Wildman–Crippen LogP) is 5.97. The fourth-order valence-corrected chi connectivity index (χ4v) is 4.82. The van der Waals surface area contributed by atoms with E-state index >= 15 is 0 Å². The van der Waals surface area contributed by atoms with E-state index in [9.17, 15) is 0 Å². The maximum Gasteiger partial charge on any atom is 0.0653 e. The van der Waals surface area contributed by atoms with Crippen molar-refractivity contribution < 1.29 is 0 Å². The number of halogens is 2. The fraction of sp³-hybridized carbons (Fsp3) is 0.263. The van der Waals surface area contributed by atoms with Crippen LogP contribution in [0.2, 0.25) is 10.0 Å². The highest BCUT2D eigenvalue weighted by atomic mass is 35.5. The number of hydrogen-bond donors (Lipinski definition) is 1. The monoisotopic (exact) mass is 342 g/mol. The summed E-state index contributed by atoms with van der Waals surface area (Å²) in [6, 6.07) is 12.3. The van der Waals surface area contributed by atoms with Gasteiger partial charge in [0.25, 0.3) is 0 Å². The lowest BCUT2D eigenvalue weighted by Crippen LogP contribution is -2.41. The molecule has 2 nitrogen and oxygen atoms in total. The zero-order valence-corrected chi connectivity index (χ0v) is 14.3. The molecule has 0 saturated carbocycles. The zero-order chi connectivity index (χ0) is 15.8. The van der Waals surface area contributed by atoms with Crippen molar-refractivity contribution in [3.05, 3.63) is 52.0 Å². The van der Waals surface area contributed by atoms with E-state index in [0.29, 0.717) is 0 Å². The second-order valence-electron chi connectivity index (χ2n) is 6.76. The molecule has 4 heteroatoms. The molecule has 0 aliphatic carbocycles. The van der Waals surface area contributed by atoms with Gasteiger partial charge in [-0.3, -0.25) is 0 Å². The lowest BCUT2D eigenvalue weighted by molar-refractivity contribution is 0.494. The molecule has 0 spiro atoms. The third kappa shape index (κ3) is 1.71.